The van der Waals surface area contributed by atoms with Crippen LogP contribution < -0.4 is 4.74 Å². The van der Waals surface area contributed by atoms with E-state index < -0.39 is 17.3 Å². The monoisotopic (exact) mass is 458 g/mol. The molecular formula is C27H26N2O5. The van der Waals surface area contributed by atoms with Gasteiger partial charge in [-0.25, -0.2) is 0 Å². The van der Waals surface area contributed by atoms with Crippen molar-refractivity contribution in [2.45, 2.75) is 19.8 Å². The van der Waals surface area contributed by atoms with Crippen LogP contribution in [-0.4, -0.2) is 53.2 Å². The average Bonchev–Trinajstić information content (AvgIpc) is 2.87. The molecule has 1 N–H and O–H groups in total. The summed E-state index contributed by atoms with van der Waals surface area (Å²) in [6.07, 6.45) is 1.71. The lowest BCUT2D eigenvalue weighted by Gasteiger charge is -2.36. The second kappa shape index (κ2) is 8.57. The summed E-state index contributed by atoms with van der Waals surface area (Å²) in [6.45, 7) is 5.77. The molecule has 34 heavy (non-hydrogen) atoms. The van der Waals surface area contributed by atoms with Crippen molar-refractivity contribution in [1.29, 1.82) is 0 Å². The molecule has 1 fully saturated rings. The fourth-order valence-electron chi connectivity index (χ4n) is 4.64. The van der Waals surface area contributed by atoms with Crippen LogP contribution in [0, 0.1) is 5.41 Å². The molecule has 3 heterocycles. The Morgan fingerprint density at radius 1 is 1.00 bits per heavy atom. The Bertz CT molecular complexity index is 1250. The molecular weight excluding hydrogens is 432 g/mol. The first kappa shape index (κ1) is 22.1. The molecule has 0 aliphatic carbocycles. The summed E-state index contributed by atoms with van der Waals surface area (Å²) in [5.74, 6) is -0.0499. The van der Waals surface area contributed by atoms with Crippen molar-refractivity contribution in [3.05, 3.63) is 77.5 Å². The molecule has 1 saturated heterocycles. The zero-order valence-electron chi connectivity index (χ0n) is 19.2. The number of rotatable bonds is 4. The van der Waals surface area contributed by atoms with Crippen LogP contribution in [0.3, 0.4) is 0 Å². The SMILES string of the molecule is CC(C)(C(=O)O)C1c2ccccc2Oc2cc(-c3ccc(C(=O)N4CCOCC4)cc3)ncc21. The highest BCUT2D eigenvalue weighted by Gasteiger charge is 2.43. The van der Waals surface area contributed by atoms with Crippen LogP contribution in [0.25, 0.3) is 11.3 Å². The second-order valence-electron chi connectivity index (χ2n) is 9.19. The molecule has 174 valence electrons. The highest BCUT2D eigenvalue weighted by molar-refractivity contribution is 5.94. The number of aromatic nitrogens is 1. The fraction of sp³-hybridized carbons (Fsp3) is 0.296. The van der Waals surface area contributed by atoms with Gasteiger partial charge in [0.05, 0.1) is 24.3 Å². The van der Waals surface area contributed by atoms with E-state index in [4.69, 9.17) is 9.47 Å². The van der Waals surface area contributed by atoms with Crippen LogP contribution in [0.5, 0.6) is 11.5 Å². The van der Waals surface area contributed by atoms with Gasteiger partial charge in [0.25, 0.3) is 5.91 Å². The number of para-hydroxylation sites is 1. The largest absolute Gasteiger partial charge is 0.481 e. The smallest absolute Gasteiger partial charge is 0.310 e. The Balaban J connectivity index is 1.48. The Labute approximate surface area is 198 Å². The third kappa shape index (κ3) is 3.82. The van der Waals surface area contributed by atoms with E-state index >= 15 is 0 Å². The molecule has 1 aromatic heterocycles. The fourth-order valence-corrected chi connectivity index (χ4v) is 4.64. The molecule has 1 unspecified atom stereocenters. The van der Waals surface area contributed by atoms with Crippen LogP contribution in [0.2, 0.25) is 0 Å². The summed E-state index contributed by atoms with van der Waals surface area (Å²) in [7, 11) is 0. The third-order valence-electron chi connectivity index (χ3n) is 6.65. The lowest BCUT2D eigenvalue weighted by atomic mass is 9.70. The predicted octanol–water partition coefficient (Wildman–Crippen LogP) is 4.57. The number of aliphatic carboxylic acids is 1. The molecule has 7 nitrogen and oxygen atoms in total. The third-order valence-corrected chi connectivity index (χ3v) is 6.65. The zero-order chi connectivity index (χ0) is 23.9. The molecule has 7 heteroatoms. The molecule has 2 aliphatic rings. The van der Waals surface area contributed by atoms with Crippen molar-refractivity contribution in [2.24, 2.45) is 5.41 Å². The molecule has 5 rings (SSSR count). The van der Waals surface area contributed by atoms with Crippen molar-refractivity contribution in [2.75, 3.05) is 26.3 Å². The summed E-state index contributed by atoms with van der Waals surface area (Å²) >= 11 is 0. The van der Waals surface area contributed by atoms with E-state index in [1.54, 1.807) is 37.1 Å². The molecule has 2 aliphatic heterocycles. The van der Waals surface area contributed by atoms with Gasteiger partial charge in [0.15, 0.2) is 0 Å². The van der Waals surface area contributed by atoms with Crippen molar-refractivity contribution in [3.8, 4) is 22.8 Å². The number of fused-ring (bicyclic) bond motifs is 2. The molecule has 0 saturated carbocycles. The van der Waals surface area contributed by atoms with Crippen molar-refractivity contribution >= 4 is 11.9 Å². The summed E-state index contributed by atoms with van der Waals surface area (Å²) in [5, 5.41) is 9.94. The number of carboxylic acid groups (broad SMARTS) is 1. The number of hydrogen-bond donors (Lipinski definition) is 1. The van der Waals surface area contributed by atoms with Crippen molar-refractivity contribution in [3.63, 3.8) is 0 Å². The lowest BCUT2D eigenvalue weighted by molar-refractivity contribution is -0.147. The predicted molar refractivity (Wildman–Crippen MR) is 126 cm³/mol. The van der Waals surface area contributed by atoms with Crippen LogP contribution in [-0.2, 0) is 9.53 Å². The highest BCUT2D eigenvalue weighted by Crippen LogP contribution is 2.52. The number of morpholine rings is 1. The maximum atomic E-state index is 12.7. The van der Waals surface area contributed by atoms with E-state index in [1.165, 1.54) is 0 Å². The maximum Gasteiger partial charge on any atom is 0.310 e. The minimum absolute atomic E-state index is 0.00747. The summed E-state index contributed by atoms with van der Waals surface area (Å²) in [4.78, 5) is 31.3. The maximum absolute atomic E-state index is 12.7. The van der Waals surface area contributed by atoms with Gasteiger partial charge in [0, 0.05) is 53.5 Å². The normalized spacial score (nSPS) is 17.4. The van der Waals surface area contributed by atoms with E-state index in [1.807, 2.05) is 42.5 Å². The number of carboxylic acids is 1. The summed E-state index contributed by atoms with van der Waals surface area (Å²) < 4.78 is 11.5. The van der Waals surface area contributed by atoms with Crippen molar-refractivity contribution < 1.29 is 24.2 Å². The molecule has 0 bridgehead atoms. The van der Waals surface area contributed by atoms with Gasteiger partial charge in [-0.1, -0.05) is 30.3 Å². The Hall–Kier alpha value is -3.71. The number of hydrogen-bond acceptors (Lipinski definition) is 5. The molecule has 2 aromatic carbocycles. The molecule has 0 spiro atoms. The molecule has 1 amide bonds. The first-order chi connectivity index (χ1) is 16.4. The first-order valence-corrected chi connectivity index (χ1v) is 11.3. The van der Waals surface area contributed by atoms with E-state index in [-0.39, 0.29) is 5.91 Å². The van der Waals surface area contributed by atoms with E-state index in [9.17, 15) is 14.7 Å². The summed E-state index contributed by atoms with van der Waals surface area (Å²) in [5.41, 5.74) is 2.68. The van der Waals surface area contributed by atoms with Crippen LogP contribution in [0.15, 0.2) is 60.8 Å². The van der Waals surface area contributed by atoms with Gasteiger partial charge in [-0.3, -0.25) is 14.6 Å². The Morgan fingerprint density at radius 3 is 2.41 bits per heavy atom. The topological polar surface area (TPSA) is 89.0 Å². The standard InChI is InChI=1S/C27H26N2O5/c1-27(2,26(31)32)24-19-5-3-4-6-22(19)34-23-15-21(28-16-20(23)24)17-7-9-18(10-8-17)25(30)29-11-13-33-14-12-29/h3-10,15-16,24H,11-14H2,1-2H3,(H,31,32). The van der Waals surface area contributed by atoms with Gasteiger partial charge in [-0.15, -0.1) is 0 Å². The van der Waals surface area contributed by atoms with Crippen LogP contribution >= 0.6 is 0 Å². The van der Waals surface area contributed by atoms with Gasteiger partial charge in [0.1, 0.15) is 11.5 Å². The van der Waals surface area contributed by atoms with Crippen LogP contribution in [0.1, 0.15) is 41.3 Å². The number of pyridine rings is 1. The lowest BCUT2D eigenvalue weighted by Crippen LogP contribution is -2.40. The number of carbonyl (C=O) groups is 2. The first-order valence-electron chi connectivity index (χ1n) is 11.3. The quantitative estimate of drug-likeness (QED) is 0.616. The highest BCUT2D eigenvalue weighted by atomic mass is 16.5. The van der Waals surface area contributed by atoms with Gasteiger partial charge in [0.2, 0.25) is 0 Å². The minimum Gasteiger partial charge on any atom is -0.481 e. The van der Waals surface area contributed by atoms with E-state index in [2.05, 4.69) is 4.98 Å². The Kier molecular flexibility index (Phi) is 5.57. The number of benzene rings is 2. The Morgan fingerprint density at radius 2 is 1.71 bits per heavy atom. The average molecular weight is 459 g/mol. The van der Waals surface area contributed by atoms with Gasteiger partial charge in [-0.2, -0.15) is 0 Å². The van der Waals surface area contributed by atoms with Gasteiger partial charge >= 0.3 is 5.97 Å². The number of carbonyl (C=O) groups excluding carboxylic acids is 1. The second-order valence-corrected chi connectivity index (χ2v) is 9.19. The van der Waals surface area contributed by atoms with Gasteiger partial charge < -0.3 is 19.5 Å². The molecule has 0 radical (unpaired) electrons. The van der Waals surface area contributed by atoms with Crippen LogP contribution in [0.4, 0.5) is 0 Å². The summed E-state index contributed by atoms with van der Waals surface area (Å²) in [6, 6.07) is 16.7. The molecule has 3 aromatic rings. The molecule has 1 atom stereocenters. The van der Waals surface area contributed by atoms with Crippen molar-refractivity contribution in [1.82, 2.24) is 9.88 Å². The zero-order valence-corrected chi connectivity index (χ0v) is 19.2. The number of ether oxygens (including phenoxy) is 2. The number of nitrogens with zero attached hydrogens (tertiary/aromatic N) is 2. The van der Waals surface area contributed by atoms with E-state index in [0.717, 1.165) is 16.7 Å². The number of amides is 1. The van der Waals surface area contributed by atoms with Gasteiger partial charge in [-0.05, 0) is 32.0 Å². The minimum atomic E-state index is -1.06. The van der Waals surface area contributed by atoms with E-state index in [0.29, 0.717) is 49.1 Å².